The molecule has 2 saturated heterocycles. The lowest BCUT2D eigenvalue weighted by molar-refractivity contribution is -0.126. The fourth-order valence-corrected chi connectivity index (χ4v) is 6.46. The Balaban J connectivity index is 1.33. The standard InChI is InChI=1S/C30H32Cl2F2N2O/c1-30(32)25(8-5-9-28(30)31)29(37)36-18-23(24(19-36)22-10-11-26(33)27(34)16-22)17-35-14-12-21(13-15-35)20-6-3-2-4-7-20/h2-11,16,21,23-24,28H,12-15,17-19H2,1H3/t23-,24+,28?,30?/m0/s1. The van der Waals surface area contributed by atoms with Crippen LogP contribution in [-0.4, -0.2) is 58.7 Å². The van der Waals surface area contributed by atoms with Crippen LogP contribution in [0.3, 0.4) is 0 Å². The van der Waals surface area contributed by atoms with E-state index in [1.807, 2.05) is 11.0 Å². The van der Waals surface area contributed by atoms with Gasteiger partial charge in [-0.25, -0.2) is 8.78 Å². The van der Waals surface area contributed by atoms with Crippen molar-refractivity contribution in [1.82, 2.24) is 9.80 Å². The van der Waals surface area contributed by atoms with E-state index in [0.29, 0.717) is 24.6 Å². The van der Waals surface area contributed by atoms with E-state index in [1.54, 1.807) is 31.2 Å². The number of piperidine rings is 1. The summed E-state index contributed by atoms with van der Waals surface area (Å²) in [5, 5.41) is -0.496. The van der Waals surface area contributed by atoms with Crippen molar-refractivity contribution in [2.45, 2.75) is 41.9 Å². The van der Waals surface area contributed by atoms with E-state index >= 15 is 0 Å². The quantitative estimate of drug-likeness (QED) is 0.402. The number of likely N-dealkylation sites (tertiary alicyclic amines) is 2. The molecule has 2 heterocycles. The third-order valence-electron chi connectivity index (χ3n) is 8.27. The Morgan fingerprint density at radius 2 is 1.76 bits per heavy atom. The Morgan fingerprint density at radius 3 is 2.46 bits per heavy atom. The molecular weight excluding hydrogens is 513 g/mol. The molecular formula is C30H32Cl2F2N2O. The number of allylic oxidation sites excluding steroid dienone is 3. The highest BCUT2D eigenvalue weighted by atomic mass is 35.5. The predicted molar refractivity (Wildman–Crippen MR) is 145 cm³/mol. The van der Waals surface area contributed by atoms with Crippen molar-refractivity contribution in [3.63, 3.8) is 0 Å². The third-order valence-corrected chi connectivity index (χ3v) is 9.40. The lowest BCUT2D eigenvalue weighted by Gasteiger charge is -2.35. The third kappa shape index (κ3) is 5.50. The van der Waals surface area contributed by atoms with E-state index in [1.165, 1.54) is 17.7 Å². The molecule has 0 aromatic heterocycles. The van der Waals surface area contributed by atoms with Crippen molar-refractivity contribution in [2.75, 3.05) is 32.7 Å². The summed E-state index contributed by atoms with van der Waals surface area (Å²) in [5.74, 6) is -1.32. The van der Waals surface area contributed by atoms with Crippen LogP contribution in [-0.2, 0) is 4.79 Å². The summed E-state index contributed by atoms with van der Waals surface area (Å²) >= 11 is 13.1. The lowest BCUT2D eigenvalue weighted by atomic mass is 9.86. The summed E-state index contributed by atoms with van der Waals surface area (Å²) < 4.78 is 27.9. The van der Waals surface area contributed by atoms with Gasteiger partial charge >= 0.3 is 0 Å². The minimum atomic E-state index is -1.01. The molecule has 4 atom stereocenters. The topological polar surface area (TPSA) is 23.6 Å². The van der Waals surface area contributed by atoms with Crippen molar-refractivity contribution in [3.8, 4) is 0 Å². The minimum Gasteiger partial charge on any atom is -0.338 e. The van der Waals surface area contributed by atoms with E-state index < -0.39 is 21.9 Å². The molecule has 0 saturated carbocycles. The van der Waals surface area contributed by atoms with Gasteiger partial charge in [-0.3, -0.25) is 4.79 Å². The Labute approximate surface area is 227 Å². The largest absolute Gasteiger partial charge is 0.338 e. The van der Waals surface area contributed by atoms with Gasteiger partial charge in [0.25, 0.3) is 5.91 Å². The van der Waals surface area contributed by atoms with Crippen molar-refractivity contribution >= 4 is 29.1 Å². The van der Waals surface area contributed by atoms with Crippen molar-refractivity contribution < 1.29 is 13.6 Å². The zero-order valence-corrected chi connectivity index (χ0v) is 22.4. The van der Waals surface area contributed by atoms with E-state index in [0.717, 1.165) is 38.0 Å². The first kappa shape index (κ1) is 26.4. The summed E-state index contributed by atoms with van der Waals surface area (Å²) in [6, 6.07) is 14.7. The first-order chi connectivity index (χ1) is 17.7. The summed E-state index contributed by atoms with van der Waals surface area (Å²) in [5.41, 5.74) is 2.57. The van der Waals surface area contributed by atoms with Gasteiger partial charge < -0.3 is 9.80 Å². The van der Waals surface area contributed by atoms with Crippen LogP contribution in [0.4, 0.5) is 8.78 Å². The number of hydrogen-bond acceptors (Lipinski definition) is 2. The molecule has 2 aliphatic heterocycles. The molecule has 3 nitrogen and oxygen atoms in total. The zero-order valence-electron chi connectivity index (χ0n) is 20.9. The highest BCUT2D eigenvalue weighted by molar-refractivity contribution is 6.37. The normalized spacial score (nSPS) is 28.9. The molecule has 1 amide bonds. The SMILES string of the molecule is CC1(Cl)C(C(=O)N2C[C@H](CN3CCC(c4ccccc4)CC3)[C@@H](c3ccc(F)c(F)c3)C2)=CC=CC1Cl. The number of halogens is 4. The number of benzene rings is 2. The zero-order chi connectivity index (χ0) is 26.2. The van der Waals surface area contributed by atoms with Gasteiger partial charge in [0.05, 0.1) is 10.3 Å². The van der Waals surface area contributed by atoms with Crippen LogP contribution < -0.4 is 0 Å². The van der Waals surface area contributed by atoms with Gasteiger partial charge in [-0.15, -0.1) is 23.2 Å². The molecule has 0 radical (unpaired) electrons. The van der Waals surface area contributed by atoms with Crippen LogP contribution in [0.25, 0.3) is 0 Å². The molecule has 1 aliphatic carbocycles. The van der Waals surface area contributed by atoms with Crippen LogP contribution in [0.5, 0.6) is 0 Å². The Kier molecular flexibility index (Phi) is 7.76. The van der Waals surface area contributed by atoms with Crippen LogP contribution in [0, 0.1) is 17.6 Å². The van der Waals surface area contributed by atoms with Crippen molar-refractivity contribution in [2.24, 2.45) is 5.92 Å². The molecule has 7 heteroatoms. The second kappa shape index (κ2) is 10.9. The predicted octanol–water partition coefficient (Wildman–Crippen LogP) is 6.49. The molecule has 0 spiro atoms. The number of rotatable bonds is 5. The molecule has 3 aliphatic rings. The van der Waals surface area contributed by atoms with Gasteiger partial charge in [0.1, 0.15) is 0 Å². The minimum absolute atomic E-state index is 0.0928. The fourth-order valence-electron chi connectivity index (χ4n) is 6.04. The molecule has 0 bridgehead atoms. The molecule has 2 fully saturated rings. The summed E-state index contributed by atoms with van der Waals surface area (Å²) in [6.45, 7) is 5.45. The van der Waals surface area contributed by atoms with Crippen LogP contribution >= 0.6 is 23.2 Å². The first-order valence-electron chi connectivity index (χ1n) is 13.0. The van der Waals surface area contributed by atoms with Crippen LogP contribution in [0.2, 0.25) is 0 Å². The van der Waals surface area contributed by atoms with E-state index in [2.05, 4.69) is 29.2 Å². The van der Waals surface area contributed by atoms with Gasteiger partial charge in [-0.2, -0.15) is 0 Å². The van der Waals surface area contributed by atoms with Crippen molar-refractivity contribution in [3.05, 3.63) is 95.1 Å². The molecule has 2 aromatic rings. The number of amides is 1. The fraction of sp³-hybridized carbons (Fsp3) is 0.433. The second-order valence-electron chi connectivity index (χ2n) is 10.7. The molecule has 196 valence electrons. The Hall–Kier alpha value is -2.21. The number of nitrogens with zero attached hydrogens (tertiary/aromatic N) is 2. The average Bonchev–Trinajstić information content (AvgIpc) is 3.31. The Morgan fingerprint density at radius 1 is 1.03 bits per heavy atom. The maximum Gasteiger partial charge on any atom is 0.251 e. The second-order valence-corrected chi connectivity index (χ2v) is 11.9. The first-order valence-corrected chi connectivity index (χ1v) is 13.8. The summed E-state index contributed by atoms with van der Waals surface area (Å²) in [6.07, 6.45) is 7.45. The maximum atomic E-state index is 14.2. The monoisotopic (exact) mass is 544 g/mol. The maximum absolute atomic E-state index is 14.2. The van der Waals surface area contributed by atoms with Gasteiger partial charge in [0, 0.05) is 31.1 Å². The molecule has 37 heavy (non-hydrogen) atoms. The molecule has 0 N–H and O–H groups in total. The average molecular weight is 546 g/mol. The smallest absolute Gasteiger partial charge is 0.251 e. The Bertz CT molecular complexity index is 1190. The van der Waals surface area contributed by atoms with Gasteiger partial charge in [0.2, 0.25) is 0 Å². The van der Waals surface area contributed by atoms with Gasteiger partial charge in [-0.1, -0.05) is 54.6 Å². The van der Waals surface area contributed by atoms with Crippen molar-refractivity contribution in [1.29, 1.82) is 0 Å². The lowest BCUT2D eigenvalue weighted by Crippen LogP contribution is -2.42. The van der Waals surface area contributed by atoms with Crippen LogP contribution in [0.1, 0.15) is 42.7 Å². The molecule has 2 aromatic carbocycles. The highest BCUT2D eigenvalue weighted by Crippen LogP contribution is 2.40. The number of alkyl halides is 2. The highest BCUT2D eigenvalue weighted by Gasteiger charge is 2.44. The van der Waals surface area contributed by atoms with E-state index in [9.17, 15) is 13.6 Å². The summed E-state index contributed by atoms with van der Waals surface area (Å²) in [4.78, 5) is 16.9. The van der Waals surface area contributed by atoms with Gasteiger partial charge in [-0.05, 0) is 68.0 Å². The number of hydrogen-bond donors (Lipinski definition) is 0. The molecule has 5 rings (SSSR count). The number of carbonyl (C=O) groups excluding carboxylic acids is 1. The summed E-state index contributed by atoms with van der Waals surface area (Å²) in [7, 11) is 0. The van der Waals surface area contributed by atoms with Gasteiger partial charge in [0.15, 0.2) is 11.6 Å². The molecule has 2 unspecified atom stereocenters. The number of carbonyl (C=O) groups is 1. The van der Waals surface area contributed by atoms with Crippen LogP contribution in [0.15, 0.2) is 72.3 Å². The van der Waals surface area contributed by atoms with E-state index in [-0.39, 0.29) is 17.7 Å². The van der Waals surface area contributed by atoms with E-state index in [4.69, 9.17) is 23.2 Å².